The van der Waals surface area contributed by atoms with Crippen LogP contribution < -0.4 is 4.74 Å². The van der Waals surface area contributed by atoms with Gasteiger partial charge in [-0.15, -0.1) is 0 Å². The first-order chi connectivity index (χ1) is 10.8. The van der Waals surface area contributed by atoms with Gasteiger partial charge in [0.05, 0.1) is 5.52 Å². The van der Waals surface area contributed by atoms with Crippen LogP contribution in [-0.4, -0.2) is 24.2 Å². The van der Waals surface area contributed by atoms with Gasteiger partial charge in [0.25, 0.3) is 0 Å². The van der Waals surface area contributed by atoms with Crippen LogP contribution >= 0.6 is 0 Å². The zero-order chi connectivity index (χ0) is 15.2. The third-order valence-corrected chi connectivity index (χ3v) is 3.90. The standard InChI is InChI=1S/C18H21NO3/c20-18(7-3-4-14-8-9-14)22-13-12-21-17-10-11-19-16-6-2-1-5-15(16)17/h1-2,5-6,10-11,14H,3-4,7-9,12-13H2. The molecule has 4 nitrogen and oxygen atoms in total. The normalized spacial score (nSPS) is 14.0. The Morgan fingerprint density at radius 1 is 1.18 bits per heavy atom. The van der Waals surface area contributed by atoms with E-state index in [1.165, 1.54) is 12.8 Å². The van der Waals surface area contributed by atoms with Crippen LogP contribution in [0.1, 0.15) is 32.1 Å². The molecule has 22 heavy (non-hydrogen) atoms. The summed E-state index contributed by atoms with van der Waals surface area (Å²) in [7, 11) is 0. The molecular formula is C18H21NO3. The maximum atomic E-state index is 11.6. The lowest BCUT2D eigenvalue weighted by atomic mass is 10.2. The largest absolute Gasteiger partial charge is 0.489 e. The number of carbonyl (C=O) groups is 1. The topological polar surface area (TPSA) is 48.4 Å². The number of hydrogen-bond acceptors (Lipinski definition) is 4. The number of benzene rings is 1. The van der Waals surface area contributed by atoms with E-state index in [1.54, 1.807) is 6.20 Å². The van der Waals surface area contributed by atoms with E-state index in [2.05, 4.69) is 4.98 Å². The second kappa shape index (κ2) is 7.25. The zero-order valence-electron chi connectivity index (χ0n) is 12.7. The first-order valence-corrected chi connectivity index (χ1v) is 7.95. The summed E-state index contributed by atoms with van der Waals surface area (Å²) in [5.41, 5.74) is 0.900. The van der Waals surface area contributed by atoms with Crippen LogP contribution in [0.3, 0.4) is 0 Å². The number of rotatable bonds is 8. The van der Waals surface area contributed by atoms with Gasteiger partial charge < -0.3 is 9.47 Å². The smallest absolute Gasteiger partial charge is 0.305 e. The lowest BCUT2D eigenvalue weighted by molar-refractivity contribution is -0.144. The minimum Gasteiger partial charge on any atom is -0.489 e. The molecule has 0 bridgehead atoms. The average molecular weight is 299 g/mol. The van der Waals surface area contributed by atoms with Crippen LogP contribution in [0.15, 0.2) is 36.5 Å². The molecule has 0 unspecified atom stereocenters. The molecule has 1 aromatic carbocycles. The maximum Gasteiger partial charge on any atom is 0.305 e. The highest BCUT2D eigenvalue weighted by Gasteiger charge is 2.20. The van der Waals surface area contributed by atoms with E-state index in [-0.39, 0.29) is 5.97 Å². The van der Waals surface area contributed by atoms with Gasteiger partial charge in [0.1, 0.15) is 19.0 Å². The van der Waals surface area contributed by atoms with Crippen LogP contribution in [0.2, 0.25) is 0 Å². The minimum atomic E-state index is -0.121. The van der Waals surface area contributed by atoms with Gasteiger partial charge in [-0.1, -0.05) is 25.0 Å². The first-order valence-electron chi connectivity index (χ1n) is 7.95. The Morgan fingerprint density at radius 3 is 2.91 bits per heavy atom. The number of aromatic nitrogens is 1. The number of para-hydroxylation sites is 1. The van der Waals surface area contributed by atoms with Crippen molar-refractivity contribution in [2.24, 2.45) is 5.92 Å². The van der Waals surface area contributed by atoms with Crippen LogP contribution in [0.5, 0.6) is 5.75 Å². The molecule has 1 aliphatic carbocycles. The Balaban J connectivity index is 1.39. The molecule has 1 fully saturated rings. The molecule has 0 saturated heterocycles. The Hall–Kier alpha value is -2.10. The molecule has 0 aliphatic heterocycles. The lowest BCUT2D eigenvalue weighted by Gasteiger charge is -2.09. The molecule has 0 atom stereocenters. The lowest BCUT2D eigenvalue weighted by Crippen LogP contribution is -2.12. The van der Waals surface area contributed by atoms with E-state index in [4.69, 9.17) is 9.47 Å². The van der Waals surface area contributed by atoms with Gasteiger partial charge in [-0.25, -0.2) is 0 Å². The summed E-state index contributed by atoms with van der Waals surface area (Å²) in [6.45, 7) is 0.654. The second-order valence-corrected chi connectivity index (χ2v) is 5.73. The van der Waals surface area contributed by atoms with Crippen molar-refractivity contribution in [3.05, 3.63) is 36.5 Å². The van der Waals surface area contributed by atoms with E-state index >= 15 is 0 Å². The number of pyridine rings is 1. The number of carbonyl (C=O) groups excluding carboxylic acids is 1. The molecule has 0 spiro atoms. The van der Waals surface area contributed by atoms with Crippen molar-refractivity contribution in [1.29, 1.82) is 0 Å². The molecule has 0 amide bonds. The number of fused-ring (bicyclic) bond motifs is 1. The Kier molecular flexibility index (Phi) is 4.88. The predicted molar refractivity (Wildman–Crippen MR) is 84.8 cm³/mol. The quantitative estimate of drug-likeness (QED) is 0.550. The summed E-state index contributed by atoms with van der Waals surface area (Å²) < 4.78 is 10.9. The zero-order valence-corrected chi connectivity index (χ0v) is 12.7. The monoisotopic (exact) mass is 299 g/mol. The highest BCUT2D eigenvalue weighted by molar-refractivity contribution is 5.84. The number of ether oxygens (including phenoxy) is 2. The van der Waals surface area contributed by atoms with Crippen molar-refractivity contribution in [2.45, 2.75) is 32.1 Å². The Bertz CT molecular complexity index is 632. The van der Waals surface area contributed by atoms with Crippen molar-refractivity contribution < 1.29 is 14.3 Å². The number of nitrogens with zero attached hydrogens (tertiary/aromatic N) is 1. The fraction of sp³-hybridized carbons (Fsp3) is 0.444. The molecule has 116 valence electrons. The van der Waals surface area contributed by atoms with E-state index in [9.17, 15) is 4.79 Å². The van der Waals surface area contributed by atoms with Gasteiger partial charge in [-0.2, -0.15) is 0 Å². The van der Waals surface area contributed by atoms with Gasteiger partial charge in [0, 0.05) is 18.0 Å². The highest BCUT2D eigenvalue weighted by atomic mass is 16.6. The summed E-state index contributed by atoms with van der Waals surface area (Å²) in [4.78, 5) is 15.9. The molecule has 3 rings (SSSR count). The third kappa shape index (κ3) is 4.20. The van der Waals surface area contributed by atoms with Crippen molar-refractivity contribution in [3.8, 4) is 5.75 Å². The van der Waals surface area contributed by atoms with Crippen molar-refractivity contribution >= 4 is 16.9 Å². The van der Waals surface area contributed by atoms with E-state index in [0.717, 1.165) is 35.4 Å². The van der Waals surface area contributed by atoms with E-state index < -0.39 is 0 Å². The SMILES string of the molecule is O=C(CCCC1CC1)OCCOc1ccnc2ccccc12. The molecular weight excluding hydrogens is 278 g/mol. The molecule has 1 aliphatic rings. The van der Waals surface area contributed by atoms with Gasteiger partial charge in [-0.3, -0.25) is 9.78 Å². The summed E-state index contributed by atoms with van der Waals surface area (Å²) in [6, 6.07) is 9.66. The summed E-state index contributed by atoms with van der Waals surface area (Å²) in [5, 5.41) is 0.973. The van der Waals surface area contributed by atoms with Crippen LogP contribution in [0, 0.1) is 5.92 Å². The van der Waals surface area contributed by atoms with Crippen molar-refractivity contribution in [1.82, 2.24) is 4.98 Å². The first kappa shape index (κ1) is 14.8. The van der Waals surface area contributed by atoms with Crippen LogP contribution in [0.25, 0.3) is 10.9 Å². The Morgan fingerprint density at radius 2 is 2.05 bits per heavy atom. The molecule has 0 radical (unpaired) electrons. The third-order valence-electron chi connectivity index (χ3n) is 3.90. The average Bonchev–Trinajstić information content (AvgIpc) is 3.36. The molecule has 1 heterocycles. The molecule has 1 aromatic heterocycles. The fourth-order valence-electron chi connectivity index (χ4n) is 2.52. The number of esters is 1. The molecule has 0 N–H and O–H groups in total. The van der Waals surface area contributed by atoms with Gasteiger partial charge in [-0.05, 0) is 37.0 Å². The number of hydrogen-bond donors (Lipinski definition) is 0. The van der Waals surface area contributed by atoms with E-state index in [1.807, 2.05) is 30.3 Å². The Labute approximate surface area is 130 Å². The molecule has 1 saturated carbocycles. The van der Waals surface area contributed by atoms with Gasteiger partial charge in [0.2, 0.25) is 0 Å². The summed E-state index contributed by atoms with van der Waals surface area (Å²) in [5.74, 6) is 1.52. The van der Waals surface area contributed by atoms with Crippen LogP contribution in [0.4, 0.5) is 0 Å². The van der Waals surface area contributed by atoms with Crippen molar-refractivity contribution in [3.63, 3.8) is 0 Å². The van der Waals surface area contributed by atoms with Crippen LogP contribution in [-0.2, 0) is 9.53 Å². The fourth-order valence-corrected chi connectivity index (χ4v) is 2.52. The highest BCUT2D eigenvalue weighted by Crippen LogP contribution is 2.33. The van der Waals surface area contributed by atoms with E-state index in [0.29, 0.717) is 19.6 Å². The summed E-state index contributed by atoms with van der Waals surface area (Å²) in [6.07, 6.45) is 7.02. The summed E-state index contributed by atoms with van der Waals surface area (Å²) >= 11 is 0. The van der Waals surface area contributed by atoms with Gasteiger partial charge in [0.15, 0.2) is 0 Å². The molecule has 4 heteroatoms. The minimum absolute atomic E-state index is 0.121. The van der Waals surface area contributed by atoms with Crippen molar-refractivity contribution in [2.75, 3.05) is 13.2 Å². The predicted octanol–water partition coefficient (Wildman–Crippen LogP) is 3.74. The second-order valence-electron chi connectivity index (χ2n) is 5.73. The maximum absolute atomic E-state index is 11.6. The van der Waals surface area contributed by atoms with Gasteiger partial charge >= 0.3 is 5.97 Å². The molecule has 2 aromatic rings.